The Balaban J connectivity index is 1.10. The van der Waals surface area contributed by atoms with Crippen LogP contribution in [-0.4, -0.2) is 78.3 Å². The zero-order valence-electron chi connectivity index (χ0n) is 15.9. The van der Waals surface area contributed by atoms with Gasteiger partial charge in [-0.15, -0.1) is 5.10 Å². The van der Waals surface area contributed by atoms with E-state index < -0.39 is 11.9 Å². The number of halogens is 3. The van der Waals surface area contributed by atoms with Crippen LogP contribution in [0.4, 0.5) is 18.0 Å². The van der Waals surface area contributed by atoms with Gasteiger partial charge >= 0.3 is 12.2 Å². The zero-order valence-corrected chi connectivity index (χ0v) is 15.9. The number of hydrogen-bond acceptors (Lipinski definition) is 7. The number of nitrogens with zero attached hydrogens (tertiary/aromatic N) is 8. The molecule has 5 rings (SSSR count). The third-order valence-corrected chi connectivity index (χ3v) is 6.01. The van der Waals surface area contributed by atoms with Crippen molar-refractivity contribution in [2.75, 3.05) is 26.2 Å². The molecule has 2 saturated heterocycles. The summed E-state index contributed by atoms with van der Waals surface area (Å²) in [6.45, 7) is 2.50. The summed E-state index contributed by atoms with van der Waals surface area (Å²) < 4.78 is 45.4. The highest BCUT2D eigenvalue weighted by Crippen LogP contribution is 2.50. The molecule has 4 heterocycles. The summed E-state index contributed by atoms with van der Waals surface area (Å²) in [5.41, 5.74) is -1.08. The first-order chi connectivity index (χ1) is 14.3. The average Bonchev–Trinajstić information content (AvgIpc) is 3.32. The van der Waals surface area contributed by atoms with Gasteiger partial charge in [-0.25, -0.2) is 14.5 Å². The minimum absolute atomic E-state index is 0.00399. The van der Waals surface area contributed by atoms with E-state index in [4.69, 9.17) is 4.74 Å². The van der Waals surface area contributed by atoms with Crippen molar-refractivity contribution >= 4 is 6.03 Å². The molecule has 2 aromatic heterocycles. The molecule has 30 heavy (non-hydrogen) atoms. The lowest BCUT2D eigenvalue weighted by Gasteiger charge is -2.58. The minimum Gasteiger partial charge on any atom is -0.473 e. The summed E-state index contributed by atoms with van der Waals surface area (Å²) in [4.78, 5) is 23.4. The van der Waals surface area contributed by atoms with Gasteiger partial charge in [-0.2, -0.15) is 13.2 Å². The van der Waals surface area contributed by atoms with Gasteiger partial charge in [0.2, 0.25) is 5.88 Å². The molecule has 2 aliphatic heterocycles. The van der Waals surface area contributed by atoms with Gasteiger partial charge in [-0.1, -0.05) is 0 Å². The van der Waals surface area contributed by atoms with Crippen LogP contribution in [0.2, 0.25) is 0 Å². The zero-order chi connectivity index (χ0) is 20.9. The third-order valence-electron chi connectivity index (χ3n) is 6.01. The summed E-state index contributed by atoms with van der Waals surface area (Å²) >= 11 is 0. The fourth-order valence-corrected chi connectivity index (χ4v) is 4.53. The van der Waals surface area contributed by atoms with Gasteiger partial charge in [0.05, 0.1) is 18.4 Å². The Morgan fingerprint density at radius 1 is 1.20 bits per heavy atom. The maximum atomic E-state index is 12.7. The van der Waals surface area contributed by atoms with Crippen molar-refractivity contribution < 1.29 is 22.7 Å². The van der Waals surface area contributed by atoms with Gasteiger partial charge in [-0.3, -0.25) is 4.98 Å². The normalized spacial score (nSPS) is 23.4. The Morgan fingerprint density at radius 2 is 2.00 bits per heavy atom. The third kappa shape index (κ3) is 3.41. The number of rotatable bonds is 3. The fourth-order valence-electron chi connectivity index (χ4n) is 4.53. The van der Waals surface area contributed by atoms with Crippen LogP contribution < -0.4 is 4.74 Å². The maximum Gasteiger partial charge on any atom is 0.435 e. The van der Waals surface area contributed by atoms with Crippen molar-refractivity contribution in [2.45, 2.75) is 37.6 Å². The van der Waals surface area contributed by atoms with Gasteiger partial charge in [0, 0.05) is 31.6 Å². The molecule has 10 nitrogen and oxygen atoms in total. The monoisotopic (exact) mass is 424 g/mol. The van der Waals surface area contributed by atoms with E-state index in [0.717, 1.165) is 6.42 Å². The van der Waals surface area contributed by atoms with Crippen LogP contribution in [-0.2, 0) is 6.18 Å². The first-order valence-corrected chi connectivity index (χ1v) is 9.64. The molecule has 0 aromatic carbocycles. The van der Waals surface area contributed by atoms with Crippen LogP contribution >= 0.6 is 0 Å². The van der Waals surface area contributed by atoms with E-state index in [2.05, 4.69) is 25.5 Å². The molecule has 3 aliphatic rings. The lowest BCUT2D eigenvalue weighted by molar-refractivity contribution is -0.142. The topological polar surface area (TPSA) is 102 Å². The largest absolute Gasteiger partial charge is 0.473 e. The fraction of sp³-hybridized carbons (Fsp3) is 0.647. The number of likely N-dealkylation sites (tertiary alicyclic amines) is 2. The predicted octanol–water partition coefficient (Wildman–Crippen LogP) is 1.39. The molecule has 1 aliphatic carbocycles. The molecule has 0 N–H and O–H groups in total. The number of alkyl halides is 3. The molecule has 2 amide bonds. The molecule has 3 fully saturated rings. The number of urea groups is 1. The van der Waals surface area contributed by atoms with Crippen LogP contribution in [0.1, 0.15) is 31.0 Å². The van der Waals surface area contributed by atoms with Gasteiger partial charge in [0.1, 0.15) is 12.4 Å². The van der Waals surface area contributed by atoms with Crippen LogP contribution in [0, 0.1) is 5.41 Å². The van der Waals surface area contributed by atoms with Gasteiger partial charge in [0.25, 0.3) is 0 Å². The molecule has 0 bridgehead atoms. The first kappa shape index (κ1) is 19.0. The van der Waals surface area contributed by atoms with Crippen molar-refractivity contribution in [3.8, 4) is 5.88 Å². The van der Waals surface area contributed by atoms with E-state index >= 15 is 0 Å². The highest BCUT2D eigenvalue weighted by atomic mass is 19.4. The Labute approximate surface area is 169 Å². The second-order valence-electron chi connectivity index (χ2n) is 8.21. The van der Waals surface area contributed by atoms with Crippen LogP contribution in [0.25, 0.3) is 0 Å². The number of hydrogen-bond donors (Lipinski definition) is 0. The maximum absolute atomic E-state index is 12.7. The number of amides is 2. The van der Waals surface area contributed by atoms with E-state index in [1.807, 2.05) is 9.80 Å². The molecule has 160 valence electrons. The second kappa shape index (κ2) is 6.77. The standard InChI is InChI=1S/C17H19F3N8O2/c18-17(19,20)13-5-21-6-14(23-13)30-12-3-16(4-12)8-27(9-16)15(29)26-2-1-11(7-26)28-10-22-24-25-28/h5-6,10-12H,1-4,7-9H2/t11-/m1/s1. The van der Waals surface area contributed by atoms with Crippen molar-refractivity contribution in [1.82, 2.24) is 40.0 Å². The number of tetrazole rings is 1. The Hall–Kier alpha value is -2.99. The molecule has 0 radical (unpaired) electrons. The Bertz CT molecular complexity index is 923. The smallest absolute Gasteiger partial charge is 0.435 e. The number of ether oxygens (including phenoxy) is 1. The van der Waals surface area contributed by atoms with E-state index in [0.29, 0.717) is 45.2 Å². The highest BCUT2D eigenvalue weighted by molar-refractivity contribution is 5.76. The van der Waals surface area contributed by atoms with E-state index in [1.165, 1.54) is 6.20 Å². The molecule has 13 heteroatoms. The molecular weight excluding hydrogens is 405 g/mol. The van der Waals surface area contributed by atoms with Gasteiger partial charge < -0.3 is 14.5 Å². The summed E-state index contributed by atoms with van der Waals surface area (Å²) in [6.07, 6.45) is 0.823. The molecular formula is C17H19F3N8O2. The van der Waals surface area contributed by atoms with Crippen molar-refractivity contribution in [2.24, 2.45) is 5.41 Å². The summed E-state index contributed by atoms with van der Waals surface area (Å²) in [7, 11) is 0. The highest BCUT2D eigenvalue weighted by Gasteiger charge is 2.55. The molecule has 0 unspecified atom stereocenters. The molecule has 1 atom stereocenters. The Morgan fingerprint density at radius 3 is 2.70 bits per heavy atom. The van der Waals surface area contributed by atoms with E-state index in [-0.39, 0.29) is 29.5 Å². The van der Waals surface area contributed by atoms with Crippen molar-refractivity contribution in [1.29, 1.82) is 0 Å². The summed E-state index contributed by atoms with van der Waals surface area (Å²) in [5, 5.41) is 11.2. The number of carbonyl (C=O) groups is 1. The Kier molecular flexibility index (Phi) is 4.29. The quantitative estimate of drug-likeness (QED) is 0.734. The van der Waals surface area contributed by atoms with Crippen molar-refractivity contribution in [3.63, 3.8) is 0 Å². The lowest BCUT2D eigenvalue weighted by Crippen LogP contribution is -2.67. The SMILES string of the molecule is O=C(N1CC[C@@H](n2cnnn2)C1)N1CC2(CC(Oc3cncc(C(F)(F)F)n3)C2)C1. The molecule has 1 spiro atoms. The van der Waals surface area contributed by atoms with E-state index in [1.54, 1.807) is 11.0 Å². The first-order valence-electron chi connectivity index (χ1n) is 9.64. The number of carbonyl (C=O) groups excluding carboxylic acids is 1. The predicted molar refractivity (Wildman–Crippen MR) is 93.1 cm³/mol. The lowest BCUT2D eigenvalue weighted by atomic mass is 9.62. The number of aromatic nitrogens is 6. The average molecular weight is 424 g/mol. The van der Waals surface area contributed by atoms with Gasteiger partial charge in [0.15, 0.2) is 5.69 Å². The summed E-state index contributed by atoms with van der Waals surface area (Å²) in [5.74, 6) is -0.123. The van der Waals surface area contributed by atoms with Crippen LogP contribution in [0.15, 0.2) is 18.7 Å². The van der Waals surface area contributed by atoms with Crippen molar-refractivity contribution in [3.05, 3.63) is 24.4 Å². The molecule has 1 saturated carbocycles. The summed E-state index contributed by atoms with van der Waals surface area (Å²) in [6, 6.07) is 0.0959. The second-order valence-corrected chi connectivity index (χ2v) is 8.21. The van der Waals surface area contributed by atoms with E-state index in [9.17, 15) is 18.0 Å². The minimum atomic E-state index is -4.55. The van der Waals surface area contributed by atoms with Gasteiger partial charge in [-0.05, 0) is 29.7 Å². The van der Waals surface area contributed by atoms with Crippen LogP contribution in [0.5, 0.6) is 5.88 Å². The molecule has 2 aromatic rings. The van der Waals surface area contributed by atoms with Crippen LogP contribution in [0.3, 0.4) is 0 Å².